The fourth-order valence-corrected chi connectivity index (χ4v) is 3.18. The predicted molar refractivity (Wildman–Crippen MR) is 88.6 cm³/mol. The molecule has 1 fully saturated rings. The molecule has 0 radical (unpaired) electrons. The van der Waals surface area contributed by atoms with Gasteiger partial charge in [-0.3, -0.25) is 9.69 Å². The van der Waals surface area contributed by atoms with Gasteiger partial charge in [-0.25, -0.2) is 0 Å². The molecule has 0 saturated carbocycles. The zero-order valence-corrected chi connectivity index (χ0v) is 13.1. The molecule has 0 atom stereocenters. The number of hydrogen-bond acceptors (Lipinski definition) is 3. The number of nitrogens with zero attached hydrogens (tertiary/aromatic N) is 1. The summed E-state index contributed by atoms with van der Waals surface area (Å²) in [5, 5.41) is 2.58. The highest BCUT2D eigenvalue weighted by molar-refractivity contribution is 5.82. The van der Waals surface area contributed by atoms with E-state index in [2.05, 4.69) is 47.4 Å². The van der Waals surface area contributed by atoms with Crippen molar-refractivity contribution in [1.82, 2.24) is 4.90 Å². The number of esters is 1. The molecule has 0 aliphatic carbocycles. The molecule has 0 spiro atoms. The lowest BCUT2D eigenvalue weighted by Gasteiger charge is -2.30. The smallest absolute Gasteiger partial charge is 0.309 e. The molecular formula is C19H23NO2. The molecular weight excluding hydrogens is 274 g/mol. The normalized spacial score (nSPS) is 16.8. The monoisotopic (exact) mass is 297 g/mol. The van der Waals surface area contributed by atoms with Gasteiger partial charge in [-0.1, -0.05) is 36.4 Å². The van der Waals surface area contributed by atoms with Crippen LogP contribution in [0.5, 0.6) is 0 Å². The minimum atomic E-state index is -0.0205. The van der Waals surface area contributed by atoms with Gasteiger partial charge in [0.15, 0.2) is 0 Å². The summed E-state index contributed by atoms with van der Waals surface area (Å²) < 4.78 is 5.13. The van der Waals surface area contributed by atoms with Gasteiger partial charge in [0, 0.05) is 6.54 Å². The van der Waals surface area contributed by atoms with E-state index in [0.717, 1.165) is 32.5 Å². The van der Waals surface area contributed by atoms with E-state index >= 15 is 0 Å². The molecule has 0 amide bonds. The van der Waals surface area contributed by atoms with Crippen LogP contribution in [-0.2, 0) is 16.1 Å². The first kappa shape index (κ1) is 15.0. The Morgan fingerprint density at radius 1 is 1.14 bits per heavy atom. The number of piperidine rings is 1. The quantitative estimate of drug-likeness (QED) is 0.807. The van der Waals surface area contributed by atoms with E-state index in [0.29, 0.717) is 6.61 Å². The molecule has 0 aromatic heterocycles. The first-order valence-corrected chi connectivity index (χ1v) is 8.13. The van der Waals surface area contributed by atoms with Crippen molar-refractivity contribution in [1.29, 1.82) is 0 Å². The Labute approximate surface area is 131 Å². The molecule has 3 rings (SSSR count). The lowest BCUT2D eigenvalue weighted by Crippen LogP contribution is -2.36. The Morgan fingerprint density at radius 3 is 2.59 bits per heavy atom. The number of fused-ring (bicyclic) bond motifs is 1. The molecule has 1 heterocycles. The number of carbonyl (C=O) groups is 1. The second-order valence-corrected chi connectivity index (χ2v) is 5.98. The maximum Gasteiger partial charge on any atom is 0.309 e. The van der Waals surface area contributed by atoms with Crippen LogP contribution in [0.15, 0.2) is 42.5 Å². The standard InChI is InChI=1S/C19H23NO2/c1-2-22-19(21)17-9-11-20(12-10-17)14-15-7-8-16-5-3-4-6-18(16)13-15/h3-8,13,17H,2,9-12,14H2,1H3. The fraction of sp³-hybridized carbons (Fsp3) is 0.421. The van der Waals surface area contributed by atoms with Crippen LogP contribution in [0.1, 0.15) is 25.3 Å². The van der Waals surface area contributed by atoms with E-state index in [1.54, 1.807) is 0 Å². The number of ether oxygens (including phenoxy) is 1. The van der Waals surface area contributed by atoms with Crippen molar-refractivity contribution in [2.45, 2.75) is 26.3 Å². The first-order chi connectivity index (χ1) is 10.8. The molecule has 3 nitrogen and oxygen atoms in total. The van der Waals surface area contributed by atoms with Gasteiger partial charge in [0.1, 0.15) is 0 Å². The Morgan fingerprint density at radius 2 is 1.86 bits per heavy atom. The summed E-state index contributed by atoms with van der Waals surface area (Å²) in [4.78, 5) is 14.2. The lowest BCUT2D eigenvalue weighted by molar-refractivity contribution is -0.149. The SMILES string of the molecule is CCOC(=O)C1CCN(Cc2ccc3ccccc3c2)CC1. The van der Waals surface area contributed by atoms with E-state index in [1.165, 1.54) is 16.3 Å². The molecule has 2 aromatic rings. The summed E-state index contributed by atoms with van der Waals surface area (Å²) in [7, 11) is 0. The molecule has 1 aliphatic rings. The van der Waals surface area contributed by atoms with Crippen molar-refractivity contribution < 1.29 is 9.53 Å². The van der Waals surface area contributed by atoms with Crippen LogP contribution in [0.3, 0.4) is 0 Å². The van der Waals surface area contributed by atoms with E-state index in [4.69, 9.17) is 4.74 Å². The van der Waals surface area contributed by atoms with Crippen LogP contribution in [0.2, 0.25) is 0 Å². The Balaban J connectivity index is 1.58. The summed E-state index contributed by atoms with van der Waals surface area (Å²) in [5.74, 6) is 0.0701. The number of benzene rings is 2. The highest BCUT2D eigenvalue weighted by atomic mass is 16.5. The van der Waals surface area contributed by atoms with Crippen molar-refractivity contribution in [3.8, 4) is 0 Å². The van der Waals surface area contributed by atoms with Crippen LogP contribution < -0.4 is 0 Å². The third-order valence-electron chi connectivity index (χ3n) is 4.43. The lowest BCUT2D eigenvalue weighted by atomic mass is 9.96. The molecule has 1 aliphatic heterocycles. The van der Waals surface area contributed by atoms with Crippen LogP contribution in [0.25, 0.3) is 10.8 Å². The van der Waals surface area contributed by atoms with E-state index < -0.39 is 0 Å². The van der Waals surface area contributed by atoms with Crippen molar-refractivity contribution in [3.63, 3.8) is 0 Å². The van der Waals surface area contributed by atoms with E-state index in [1.807, 2.05) is 6.92 Å². The van der Waals surface area contributed by atoms with Crippen LogP contribution in [-0.4, -0.2) is 30.6 Å². The van der Waals surface area contributed by atoms with Crippen molar-refractivity contribution in [2.24, 2.45) is 5.92 Å². The Kier molecular flexibility index (Phi) is 4.74. The van der Waals surface area contributed by atoms with Gasteiger partial charge in [-0.05, 0) is 55.3 Å². The Hall–Kier alpha value is -1.87. The summed E-state index contributed by atoms with van der Waals surface area (Å²) in [6, 6.07) is 15.1. The average molecular weight is 297 g/mol. The van der Waals surface area contributed by atoms with E-state index in [-0.39, 0.29) is 11.9 Å². The fourth-order valence-electron chi connectivity index (χ4n) is 3.18. The molecule has 0 N–H and O–H groups in total. The second-order valence-electron chi connectivity index (χ2n) is 5.98. The van der Waals surface area contributed by atoms with Crippen LogP contribution in [0, 0.1) is 5.92 Å². The van der Waals surface area contributed by atoms with Crippen LogP contribution in [0.4, 0.5) is 0 Å². The minimum Gasteiger partial charge on any atom is -0.466 e. The third-order valence-corrected chi connectivity index (χ3v) is 4.43. The van der Waals surface area contributed by atoms with Crippen molar-refractivity contribution in [2.75, 3.05) is 19.7 Å². The summed E-state index contributed by atoms with van der Waals surface area (Å²) in [6.07, 6.45) is 1.82. The van der Waals surface area contributed by atoms with Gasteiger partial charge in [0.2, 0.25) is 0 Å². The molecule has 3 heteroatoms. The van der Waals surface area contributed by atoms with Gasteiger partial charge in [-0.2, -0.15) is 0 Å². The maximum atomic E-state index is 11.8. The number of hydrogen-bond donors (Lipinski definition) is 0. The molecule has 0 bridgehead atoms. The average Bonchev–Trinajstić information content (AvgIpc) is 2.56. The Bertz CT molecular complexity index is 645. The van der Waals surface area contributed by atoms with Gasteiger partial charge in [0.05, 0.1) is 12.5 Å². The molecule has 2 aromatic carbocycles. The first-order valence-electron chi connectivity index (χ1n) is 8.13. The number of rotatable bonds is 4. The van der Waals surface area contributed by atoms with Gasteiger partial charge >= 0.3 is 5.97 Å². The van der Waals surface area contributed by atoms with Crippen molar-refractivity contribution >= 4 is 16.7 Å². The predicted octanol–water partition coefficient (Wildman–Crippen LogP) is 3.61. The van der Waals surface area contributed by atoms with E-state index in [9.17, 15) is 4.79 Å². The summed E-state index contributed by atoms with van der Waals surface area (Å²) in [6.45, 7) is 5.25. The van der Waals surface area contributed by atoms with Crippen molar-refractivity contribution in [3.05, 3.63) is 48.0 Å². The van der Waals surface area contributed by atoms with Crippen LogP contribution >= 0.6 is 0 Å². The zero-order valence-electron chi connectivity index (χ0n) is 13.1. The largest absolute Gasteiger partial charge is 0.466 e. The topological polar surface area (TPSA) is 29.5 Å². The van der Waals surface area contributed by atoms with Gasteiger partial charge < -0.3 is 4.74 Å². The minimum absolute atomic E-state index is 0.0205. The second kappa shape index (κ2) is 6.93. The molecule has 22 heavy (non-hydrogen) atoms. The summed E-state index contributed by atoms with van der Waals surface area (Å²) >= 11 is 0. The molecule has 116 valence electrons. The summed E-state index contributed by atoms with van der Waals surface area (Å²) in [5.41, 5.74) is 1.34. The molecule has 1 saturated heterocycles. The van der Waals surface area contributed by atoms with Gasteiger partial charge in [-0.15, -0.1) is 0 Å². The highest BCUT2D eigenvalue weighted by Gasteiger charge is 2.25. The maximum absolute atomic E-state index is 11.8. The zero-order chi connectivity index (χ0) is 15.4. The molecule has 0 unspecified atom stereocenters. The van der Waals surface area contributed by atoms with Gasteiger partial charge in [0.25, 0.3) is 0 Å². The third kappa shape index (κ3) is 3.47. The highest BCUT2D eigenvalue weighted by Crippen LogP contribution is 2.22. The number of likely N-dealkylation sites (tertiary alicyclic amines) is 1. The number of carbonyl (C=O) groups excluding carboxylic acids is 1.